The van der Waals surface area contributed by atoms with Crippen LogP contribution < -0.4 is 21.1 Å². The van der Waals surface area contributed by atoms with Gasteiger partial charge in [-0.2, -0.15) is 0 Å². The van der Waals surface area contributed by atoms with Crippen LogP contribution in [0.2, 0.25) is 0 Å². The fraction of sp³-hybridized carbons (Fsp3) is 0.0968. The molecular weight excluding hydrogens is 606 g/mol. The molecule has 0 aliphatic carbocycles. The predicted octanol–water partition coefficient (Wildman–Crippen LogP) is 7.39. The Balaban J connectivity index is 1.66. The van der Waals surface area contributed by atoms with Crippen molar-refractivity contribution in [1.82, 2.24) is 0 Å². The Morgan fingerprint density at radius 2 is 1.66 bits per heavy atom. The minimum atomic E-state index is -1.16. The maximum atomic E-state index is 13.1. The SMILES string of the molecule is CSc1ccc(NC(=O)O[C@@H](c2cc(Br)ccc2O)[C@H](/C=C/C(=O)Nc2ccccc2N)Oc2ccccc2)cc1. The van der Waals surface area contributed by atoms with Crippen LogP contribution in [-0.2, 0) is 9.53 Å². The number of nitrogens with one attached hydrogen (secondary N) is 2. The van der Waals surface area contributed by atoms with E-state index in [9.17, 15) is 14.7 Å². The molecule has 4 aromatic carbocycles. The summed E-state index contributed by atoms with van der Waals surface area (Å²) in [4.78, 5) is 27.0. The van der Waals surface area contributed by atoms with E-state index >= 15 is 0 Å². The molecule has 0 radical (unpaired) electrons. The largest absolute Gasteiger partial charge is 0.508 e. The zero-order chi connectivity index (χ0) is 29.2. The van der Waals surface area contributed by atoms with E-state index in [1.165, 1.54) is 18.2 Å². The molecule has 0 spiro atoms. The van der Waals surface area contributed by atoms with Crippen LogP contribution >= 0.6 is 27.7 Å². The van der Waals surface area contributed by atoms with Crippen molar-refractivity contribution in [2.45, 2.75) is 17.1 Å². The van der Waals surface area contributed by atoms with Crippen LogP contribution in [0.1, 0.15) is 11.7 Å². The first-order valence-electron chi connectivity index (χ1n) is 12.5. The number of hydrogen-bond acceptors (Lipinski definition) is 7. The van der Waals surface area contributed by atoms with Gasteiger partial charge < -0.3 is 25.6 Å². The topological polar surface area (TPSA) is 123 Å². The number of phenols is 1. The molecular formula is C31H28BrN3O5S. The Kier molecular flexibility index (Phi) is 10.3. The van der Waals surface area contributed by atoms with Crippen molar-refractivity contribution in [3.8, 4) is 11.5 Å². The van der Waals surface area contributed by atoms with E-state index < -0.39 is 24.2 Å². The summed E-state index contributed by atoms with van der Waals surface area (Å²) in [5.41, 5.74) is 7.61. The average molecular weight is 635 g/mol. The Morgan fingerprint density at radius 3 is 2.37 bits per heavy atom. The van der Waals surface area contributed by atoms with Crippen molar-refractivity contribution in [3.05, 3.63) is 119 Å². The highest BCUT2D eigenvalue weighted by molar-refractivity contribution is 9.10. The molecule has 0 unspecified atom stereocenters. The molecule has 0 aliphatic heterocycles. The van der Waals surface area contributed by atoms with Gasteiger partial charge in [-0.15, -0.1) is 11.8 Å². The molecule has 0 heterocycles. The van der Waals surface area contributed by atoms with Crippen molar-refractivity contribution in [2.75, 3.05) is 22.6 Å². The smallest absolute Gasteiger partial charge is 0.412 e. The molecule has 5 N–H and O–H groups in total. The van der Waals surface area contributed by atoms with Crippen molar-refractivity contribution >= 4 is 56.8 Å². The zero-order valence-corrected chi connectivity index (χ0v) is 24.4. The monoisotopic (exact) mass is 633 g/mol. The molecule has 4 rings (SSSR count). The summed E-state index contributed by atoms with van der Waals surface area (Å²) in [7, 11) is 0. The Hall–Kier alpha value is -4.41. The number of phenolic OH excluding ortho intramolecular Hbond substituents is 1. The van der Waals surface area contributed by atoms with E-state index in [-0.39, 0.29) is 11.3 Å². The summed E-state index contributed by atoms with van der Waals surface area (Å²) < 4.78 is 12.7. The van der Waals surface area contributed by atoms with Gasteiger partial charge in [-0.1, -0.05) is 46.3 Å². The first-order chi connectivity index (χ1) is 19.8. The van der Waals surface area contributed by atoms with Gasteiger partial charge in [0.25, 0.3) is 0 Å². The lowest BCUT2D eigenvalue weighted by molar-refractivity contribution is -0.112. The number of anilines is 3. The van der Waals surface area contributed by atoms with Gasteiger partial charge in [0.2, 0.25) is 5.91 Å². The van der Waals surface area contributed by atoms with Crippen LogP contribution in [0.5, 0.6) is 11.5 Å². The van der Waals surface area contributed by atoms with E-state index in [1.807, 2.05) is 24.5 Å². The molecule has 10 heteroatoms. The molecule has 0 aliphatic rings. The molecule has 0 saturated heterocycles. The van der Waals surface area contributed by atoms with E-state index in [0.29, 0.717) is 27.3 Å². The number of thioether (sulfide) groups is 1. The summed E-state index contributed by atoms with van der Waals surface area (Å²) in [6.45, 7) is 0. The second-order valence-corrected chi connectivity index (χ2v) is 10.5. The number of nitrogen functional groups attached to an aromatic ring is 1. The van der Waals surface area contributed by atoms with Crippen LogP contribution in [0, 0.1) is 0 Å². The number of para-hydroxylation sites is 3. The summed E-state index contributed by atoms with van der Waals surface area (Å²) in [6.07, 6.45) is 1.73. The lowest BCUT2D eigenvalue weighted by atomic mass is 10.0. The van der Waals surface area contributed by atoms with Gasteiger partial charge in [0.1, 0.15) is 11.5 Å². The van der Waals surface area contributed by atoms with Gasteiger partial charge in [0, 0.05) is 26.7 Å². The maximum absolute atomic E-state index is 13.1. The number of carbonyl (C=O) groups excluding carboxylic acids is 2. The van der Waals surface area contributed by atoms with E-state index in [1.54, 1.807) is 84.6 Å². The first-order valence-corrected chi connectivity index (χ1v) is 14.5. The molecule has 0 saturated carbocycles. The van der Waals surface area contributed by atoms with Crippen molar-refractivity contribution < 1.29 is 24.2 Å². The third kappa shape index (κ3) is 8.54. The number of rotatable bonds is 10. The van der Waals surface area contributed by atoms with Gasteiger partial charge in [0.05, 0.1) is 11.4 Å². The van der Waals surface area contributed by atoms with E-state index in [2.05, 4.69) is 26.6 Å². The molecule has 0 fully saturated rings. The van der Waals surface area contributed by atoms with Crippen LogP contribution in [0.25, 0.3) is 0 Å². The molecule has 41 heavy (non-hydrogen) atoms. The highest BCUT2D eigenvalue weighted by Gasteiger charge is 2.30. The molecule has 4 aromatic rings. The molecule has 2 amide bonds. The normalized spacial score (nSPS) is 12.3. The molecule has 0 bridgehead atoms. The quantitative estimate of drug-likeness (QED) is 0.0815. The maximum Gasteiger partial charge on any atom is 0.412 e. The highest BCUT2D eigenvalue weighted by Crippen LogP contribution is 2.35. The van der Waals surface area contributed by atoms with E-state index in [4.69, 9.17) is 15.2 Å². The Morgan fingerprint density at radius 1 is 0.951 bits per heavy atom. The summed E-state index contributed by atoms with van der Waals surface area (Å²) >= 11 is 5.00. The molecule has 8 nitrogen and oxygen atoms in total. The highest BCUT2D eigenvalue weighted by atomic mass is 79.9. The van der Waals surface area contributed by atoms with Gasteiger partial charge >= 0.3 is 6.09 Å². The van der Waals surface area contributed by atoms with Crippen molar-refractivity contribution in [3.63, 3.8) is 0 Å². The minimum Gasteiger partial charge on any atom is -0.508 e. The average Bonchev–Trinajstić information content (AvgIpc) is 2.97. The van der Waals surface area contributed by atoms with Crippen molar-refractivity contribution in [1.29, 1.82) is 0 Å². The van der Waals surface area contributed by atoms with Crippen LogP contribution in [0.4, 0.5) is 21.9 Å². The van der Waals surface area contributed by atoms with E-state index in [0.717, 1.165) is 4.90 Å². The van der Waals surface area contributed by atoms with Crippen molar-refractivity contribution in [2.24, 2.45) is 0 Å². The lowest BCUT2D eigenvalue weighted by Gasteiger charge is -2.27. The van der Waals surface area contributed by atoms with Gasteiger partial charge in [-0.25, -0.2) is 4.79 Å². The van der Waals surface area contributed by atoms with Gasteiger partial charge in [0.15, 0.2) is 12.2 Å². The molecule has 0 aromatic heterocycles. The number of carbonyl (C=O) groups is 2. The van der Waals surface area contributed by atoms with Crippen LogP contribution in [0.3, 0.4) is 0 Å². The predicted molar refractivity (Wildman–Crippen MR) is 166 cm³/mol. The molecule has 210 valence electrons. The number of hydrogen-bond donors (Lipinski definition) is 4. The number of ether oxygens (including phenoxy) is 2. The Labute approximate surface area is 250 Å². The lowest BCUT2D eigenvalue weighted by Crippen LogP contribution is -2.30. The standard InChI is InChI=1S/C31H28BrN3O5S/c1-41-23-14-12-21(13-15-23)34-31(38)40-30(24-19-20(32)11-16-27(24)36)28(39-22-7-3-2-4-8-22)17-18-29(37)35-26-10-6-5-9-25(26)33/h2-19,28,30,36H,33H2,1H3,(H,34,38)(H,35,37)/b18-17+/t28-,30-/m0/s1. The minimum absolute atomic E-state index is 0.119. The van der Waals surface area contributed by atoms with Crippen LogP contribution in [-0.4, -0.2) is 29.5 Å². The third-order valence-electron chi connectivity index (χ3n) is 5.84. The summed E-state index contributed by atoms with van der Waals surface area (Å²) in [5, 5.41) is 16.2. The fourth-order valence-electron chi connectivity index (χ4n) is 3.82. The summed E-state index contributed by atoms with van der Waals surface area (Å²) in [6, 6.07) is 27.8. The number of nitrogens with two attached hydrogens (primary N) is 1. The number of benzene rings is 4. The summed E-state index contributed by atoms with van der Waals surface area (Å²) in [5.74, 6) is -0.127. The van der Waals surface area contributed by atoms with Crippen LogP contribution in [0.15, 0.2) is 119 Å². The second kappa shape index (κ2) is 14.3. The van der Waals surface area contributed by atoms with Gasteiger partial charge in [-0.3, -0.25) is 10.1 Å². The zero-order valence-electron chi connectivity index (χ0n) is 22.0. The number of aromatic hydroxyl groups is 1. The first kappa shape index (κ1) is 29.6. The number of amides is 2. The Bertz CT molecular complexity index is 1520. The third-order valence-corrected chi connectivity index (χ3v) is 7.07. The molecule has 2 atom stereocenters. The van der Waals surface area contributed by atoms with Gasteiger partial charge in [-0.05, 0) is 79.1 Å². The number of halogens is 1. The second-order valence-electron chi connectivity index (χ2n) is 8.71. The fourth-order valence-corrected chi connectivity index (χ4v) is 4.61.